The van der Waals surface area contributed by atoms with E-state index in [-0.39, 0.29) is 22.2 Å². The van der Waals surface area contributed by atoms with E-state index in [9.17, 15) is 14.0 Å². The molecule has 0 aliphatic carbocycles. The lowest BCUT2D eigenvalue weighted by atomic mass is 10.1. The van der Waals surface area contributed by atoms with Crippen molar-refractivity contribution in [1.29, 1.82) is 0 Å². The molecule has 24 heavy (non-hydrogen) atoms. The summed E-state index contributed by atoms with van der Waals surface area (Å²) in [5.41, 5.74) is 0.490. The van der Waals surface area contributed by atoms with Crippen molar-refractivity contribution in [2.24, 2.45) is 0 Å². The summed E-state index contributed by atoms with van der Waals surface area (Å²) in [5.74, 6) is -1.73. The van der Waals surface area contributed by atoms with E-state index in [0.29, 0.717) is 11.5 Å². The Bertz CT molecular complexity index is 773. The third-order valence-corrected chi connectivity index (χ3v) is 3.39. The number of aryl methyl sites for hydroxylation is 1. The minimum atomic E-state index is -0.723. The fraction of sp³-hybridized carbons (Fsp3) is 0.312. The average molecular weight is 355 g/mol. The van der Waals surface area contributed by atoms with Gasteiger partial charge in [0.05, 0.1) is 11.4 Å². The second kappa shape index (κ2) is 7.44. The second-order valence-corrected chi connectivity index (χ2v) is 5.85. The maximum atomic E-state index is 13.5. The number of carbonyl (C=O) groups is 2. The number of hydrogen-bond donors (Lipinski definition) is 1. The number of carbonyl (C=O) groups excluding carboxylic acids is 2. The van der Waals surface area contributed by atoms with Crippen LogP contribution in [0.15, 0.2) is 22.7 Å². The number of ether oxygens (including phenoxy) is 1. The highest BCUT2D eigenvalue weighted by Gasteiger charge is 2.24. The highest BCUT2D eigenvalue weighted by atomic mass is 35.5. The summed E-state index contributed by atoms with van der Waals surface area (Å²) in [4.78, 5) is 23.9. The van der Waals surface area contributed by atoms with Crippen molar-refractivity contribution >= 4 is 29.2 Å². The van der Waals surface area contributed by atoms with Crippen molar-refractivity contribution in [3.05, 3.63) is 46.1 Å². The highest BCUT2D eigenvalue weighted by Crippen LogP contribution is 2.23. The van der Waals surface area contributed by atoms with E-state index in [2.05, 4.69) is 10.5 Å². The second-order valence-electron chi connectivity index (χ2n) is 5.41. The Kier molecular flexibility index (Phi) is 5.56. The first-order valence-electron chi connectivity index (χ1n) is 7.17. The van der Waals surface area contributed by atoms with E-state index in [1.165, 1.54) is 12.1 Å². The van der Waals surface area contributed by atoms with Gasteiger partial charge in [0.1, 0.15) is 11.4 Å². The molecule has 0 bridgehead atoms. The summed E-state index contributed by atoms with van der Waals surface area (Å²) in [6.07, 6.45) is 0. The van der Waals surface area contributed by atoms with E-state index < -0.39 is 24.3 Å². The van der Waals surface area contributed by atoms with Crippen LogP contribution in [0.25, 0.3) is 0 Å². The molecule has 1 N–H and O–H groups in total. The molecular weight excluding hydrogens is 339 g/mol. The molecule has 0 aliphatic heterocycles. The van der Waals surface area contributed by atoms with Crippen molar-refractivity contribution in [2.75, 3.05) is 11.9 Å². The van der Waals surface area contributed by atoms with Gasteiger partial charge in [-0.05, 0) is 25.1 Å². The first kappa shape index (κ1) is 17.9. The van der Waals surface area contributed by atoms with Crippen molar-refractivity contribution < 1.29 is 23.2 Å². The smallest absolute Gasteiger partial charge is 0.344 e. The van der Waals surface area contributed by atoms with Gasteiger partial charge in [0.25, 0.3) is 5.91 Å². The summed E-state index contributed by atoms with van der Waals surface area (Å²) < 4.78 is 23.6. The Hall–Kier alpha value is -2.41. The topological polar surface area (TPSA) is 81.4 Å². The van der Waals surface area contributed by atoms with E-state index in [1.807, 2.05) is 13.8 Å². The zero-order chi connectivity index (χ0) is 17.9. The molecule has 0 saturated carbocycles. The number of amides is 1. The zero-order valence-corrected chi connectivity index (χ0v) is 14.1. The standard InChI is InChI=1S/C16H16ClFN2O4/c1-8(2)15-14(9(3)20-24-15)16(22)23-7-13(21)19-12-6-10(17)4-5-11(12)18/h4-6,8H,7H2,1-3H3,(H,19,21). The lowest BCUT2D eigenvalue weighted by Gasteiger charge is -2.08. The number of halogens is 2. The first-order chi connectivity index (χ1) is 11.3. The molecule has 128 valence electrons. The molecule has 0 radical (unpaired) electrons. The molecule has 0 fully saturated rings. The molecule has 6 nitrogen and oxygen atoms in total. The van der Waals surface area contributed by atoms with Gasteiger partial charge in [0.15, 0.2) is 12.4 Å². The molecule has 1 heterocycles. The lowest BCUT2D eigenvalue weighted by molar-refractivity contribution is -0.119. The molecule has 2 aromatic rings. The SMILES string of the molecule is Cc1noc(C(C)C)c1C(=O)OCC(=O)Nc1cc(Cl)ccc1F. The number of benzene rings is 1. The number of esters is 1. The van der Waals surface area contributed by atoms with Crippen LogP contribution in [0.3, 0.4) is 0 Å². The minimum Gasteiger partial charge on any atom is -0.452 e. The Balaban J connectivity index is 2.00. The van der Waals surface area contributed by atoms with E-state index in [0.717, 1.165) is 6.07 Å². The van der Waals surface area contributed by atoms with Crippen molar-refractivity contribution in [3.8, 4) is 0 Å². The van der Waals surface area contributed by atoms with Gasteiger partial charge in [-0.1, -0.05) is 30.6 Å². The van der Waals surface area contributed by atoms with E-state index >= 15 is 0 Å². The molecule has 0 saturated heterocycles. The van der Waals surface area contributed by atoms with Crippen LogP contribution in [0.4, 0.5) is 10.1 Å². The van der Waals surface area contributed by atoms with Gasteiger partial charge >= 0.3 is 5.97 Å². The molecule has 0 atom stereocenters. The highest BCUT2D eigenvalue weighted by molar-refractivity contribution is 6.30. The predicted octanol–water partition coefficient (Wildman–Crippen LogP) is 3.69. The molecule has 0 aliphatic rings. The first-order valence-corrected chi connectivity index (χ1v) is 7.55. The van der Waals surface area contributed by atoms with Crippen LogP contribution in [0.5, 0.6) is 0 Å². The fourth-order valence-electron chi connectivity index (χ4n) is 2.01. The van der Waals surface area contributed by atoms with Gasteiger partial charge in [-0.3, -0.25) is 4.79 Å². The maximum Gasteiger partial charge on any atom is 0.344 e. The van der Waals surface area contributed by atoms with Crippen molar-refractivity contribution in [3.63, 3.8) is 0 Å². The van der Waals surface area contributed by atoms with Crippen LogP contribution in [0, 0.1) is 12.7 Å². The van der Waals surface area contributed by atoms with Gasteiger partial charge in [0.2, 0.25) is 0 Å². The minimum absolute atomic E-state index is 0.0665. The Morgan fingerprint density at radius 1 is 1.42 bits per heavy atom. The van der Waals surface area contributed by atoms with Crippen LogP contribution < -0.4 is 5.32 Å². The monoisotopic (exact) mass is 354 g/mol. The quantitative estimate of drug-likeness (QED) is 0.828. The van der Waals surface area contributed by atoms with Crippen LogP contribution in [0.2, 0.25) is 5.02 Å². The zero-order valence-electron chi connectivity index (χ0n) is 13.4. The Morgan fingerprint density at radius 2 is 2.12 bits per heavy atom. The van der Waals surface area contributed by atoms with Gasteiger partial charge < -0.3 is 14.6 Å². The fourth-order valence-corrected chi connectivity index (χ4v) is 2.18. The predicted molar refractivity (Wildman–Crippen MR) is 85.7 cm³/mol. The number of nitrogens with zero attached hydrogens (tertiary/aromatic N) is 1. The normalized spacial score (nSPS) is 10.8. The number of rotatable bonds is 5. The number of hydrogen-bond acceptors (Lipinski definition) is 5. The largest absolute Gasteiger partial charge is 0.452 e. The molecule has 1 amide bonds. The number of nitrogens with one attached hydrogen (secondary N) is 1. The molecule has 0 spiro atoms. The van der Waals surface area contributed by atoms with Crippen LogP contribution in [-0.4, -0.2) is 23.6 Å². The Labute approximate surface area is 142 Å². The molecular formula is C16H16ClFN2O4. The third kappa shape index (κ3) is 4.11. The van der Waals surface area contributed by atoms with Crippen molar-refractivity contribution in [2.45, 2.75) is 26.7 Å². The molecule has 2 rings (SSSR count). The van der Waals surface area contributed by atoms with Crippen LogP contribution in [-0.2, 0) is 9.53 Å². The van der Waals surface area contributed by atoms with Crippen LogP contribution in [0.1, 0.15) is 41.6 Å². The number of anilines is 1. The van der Waals surface area contributed by atoms with Crippen molar-refractivity contribution in [1.82, 2.24) is 5.16 Å². The maximum absolute atomic E-state index is 13.5. The average Bonchev–Trinajstić information content (AvgIpc) is 2.90. The number of aromatic nitrogens is 1. The van der Waals surface area contributed by atoms with Gasteiger partial charge in [0, 0.05) is 10.9 Å². The van der Waals surface area contributed by atoms with E-state index in [1.54, 1.807) is 6.92 Å². The molecule has 0 unspecified atom stereocenters. The Morgan fingerprint density at radius 3 is 2.79 bits per heavy atom. The van der Waals surface area contributed by atoms with Gasteiger partial charge in [-0.25, -0.2) is 9.18 Å². The molecule has 8 heteroatoms. The van der Waals surface area contributed by atoms with E-state index in [4.69, 9.17) is 20.9 Å². The third-order valence-electron chi connectivity index (χ3n) is 3.15. The summed E-state index contributed by atoms with van der Waals surface area (Å²) in [6, 6.07) is 3.74. The summed E-state index contributed by atoms with van der Waals surface area (Å²) in [6.45, 7) is 4.71. The van der Waals surface area contributed by atoms with Gasteiger partial charge in [-0.2, -0.15) is 0 Å². The summed E-state index contributed by atoms with van der Waals surface area (Å²) in [5, 5.41) is 6.29. The summed E-state index contributed by atoms with van der Waals surface area (Å²) in [7, 11) is 0. The lowest BCUT2D eigenvalue weighted by Crippen LogP contribution is -2.22. The molecule has 1 aromatic carbocycles. The summed E-state index contributed by atoms with van der Waals surface area (Å²) >= 11 is 5.74. The van der Waals surface area contributed by atoms with Crippen LogP contribution >= 0.6 is 11.6 Å². The van der Waals surface area contributed by atoms with Gasteiger partial charge in [-0.15, -0.1) is 0 Å². The molecule has 1 aromatic heterocycles.